The first-order valence-corrected chi connectivity index (χ1v) is 16.1. The maximum atomic E-state index is 6.78. The van der Waals surface area contributed by atoms with Crippen LogP contribution in [0.1, 0.15) is 0 Å². The lowest BCUT2D eigenvalue weighted by Crippen LogP contribution is -2.06. The molecule has 0 unspecified atom stereocenters. The van der Waals surface area contributed by atoms with Gasteiger partial charge in [-0.15, -0.1) is 0 Å². The van der Waals surface area contributed by atoms with Crippen molar-refractivity contribution in [2.45, 2.75) is 0 Å². The van der Waals surface area contributed by atoms with Crippen molar-refractivity contribution in [3.05, 3.63) is 146 Å². The summed E-state index contributed by atoms with van der Waals surface area (Å²) in [6, 6.07) is 50.6. The quantitative estimate of drug-likeness (QED) is 0.199. The molecular weight excluding hydrogens is 589 g/mol. The van der Waals surface area contributed by atoms with E-state index in [-0.39, 0.29) is 0 Å². The van der Waals surface area contributed by atoms with E-state index >= 15 is 0 Å². The van der Waals surface area contributed by atoms with Gasteiger partial charge in [-0.1, -0.05) is 133 Å². The van der Waals surface area contributed by atoms with E-state index in [0.29, 0.717) is 17.6 Å². The molecule has 10 aromatic rings. The molecule has 1 aliphatic carbocycles. The van der Waals surface area contributed by atoms with Crippen LogP contribution in [0.5, 0.6) is 0 Å². The molecular formula is C43H24N4O. The van der Waals surface area contributed by atoms with Crippen molar-refractivity contribution in [3.8, 4) is 51.0 Å². The predicted octanol–water partition coefficient (Wildman–Crippen LogP) is 11.0. The van der Waals surface area contributed by atoms with Crippen molar-refractivity contribution in [1.29, 1.82) is 0 Å². The molecule has 0 amide bonds. The number of hydrogen-bond donors (Lipinski definition) is 0. The molecule has 0 saturated carbocycles. The average Bonchev–Trinajstić information content (AvgIpc) is 3.68. The van der Waals surface area contributed by atoms with Crippen LogP contribution in [0.15, 0.2) is 150 Å². The molecule has 48 heavy (non-hydrogen) atoms. The Hall–Kier alpha value is -6.59. The molecule has 0 atom stereocenters. The van der Waals surface area contributed by atoms with E-state index in [1.807, 2.05) is 42.5 Å². The van der Waals surface area contributed by atoms with Gasteiger partial charge in [0.15, 0.2) is 11.6 Å². The smallest absolute Gasteiger partial charge is 0.238 e. The number of para-hydroxylation sites is 1. The first-order valence-electron chi connectivity index (χ1n) is 16.1. The van der Waals surface area contributed by atoms with Gasteiger partial charge in [-0.05, 0) is 34.4 Å². The molecule has 0 aliphatic heterocycles. The lowest BCUT2D eigenvalue weighted by molar-refractivity contribution is 0.673. The Labute approximate surface area is 274 Å². The normalized spacial score (nSPS) is 12.2. The average molecular weight is 613 g/mol. The van der Waals surface area contributed by atoms with Crippen LogP contribution in [0, 0.1) is 0 Å². The third-order valence-electron chi connectivity index (χ3n) is 9.78. The van der Waals surface area contributed by atoms with E-state index in [0.717, 1.165) is 49.5 Å². The van der Waals surface area contributed by atoms with Crippen molar-refractivity contribution in [2.24, 2.45) is 0 Å². The van der Waals surface area contributed by atoms with Gasteiger partial charge < -0.3 is 4.42 Å². The number of hydrogen-bond acceptors (Lipinski definition) is 4. The van der Waals surface area contributed by atoms with Crippen LogP contribution in [0.4, 0.5) is 0 Å². The molecule has 1 aliphatic rings. The zero-order chi connectivity index (χ0) is 31.3. The van der Waals surface area contributed by atoms with Gasteiger partial charge in [0.2, 0.25) is 5.95 Å². The number of rotatable bonds is 3. The van der Waals surface area contributed by atoms with Crippen molar-refractivity contribution in [1.82, 2.24) is 19.5 Å². The molecule has 0 radical (unpaired) electrons. The second-order valence-corrected chi connectivity index (χ2v) is 12.3. The number of furan rings is 1. The lowest BCUT2D eigenvalue weighted by Gasteiger charge is -2.14. The van der Waals surface area contributed by atoms with Gasteiger partial charge in [0.25, 0.3) is 0 Å². The molecule has 11 rings (SSSR count). The van der Waals surface area contributed by atoms with E-state index in [1.54, 1.807) is 0 Å². The molecule has 0 saturated heterocycles. The monoisotopic (exact) mass is 612 g/mol. The van der Waals surface area contributed by atoms with Crippen molar-refractivity contribution in [2.75, 3.05) is 0 Å². The standard InChI is InChI=1S/C43H24N4O/c1-3-13-25(14-4-1)41-44-42(26-15-5-2-6-16-26)46-43(45-41)47-33-23-12-21-30-28-18-8-7-17-27(28)29-20-11-22-32-35(29)38(36(30)33)39(47)37-31-19-9-10-24-34(31)48-40(32)37/h1-24H. The Kier molecular flexibility index (Phi) is 5.05. The van der Waals surface area contributed by atoms with Gasteiger partial charge >= 0.3 is 0 Å². The maximum absolute atomic E-state index is 6.78. The molecule has 222 valence electrons. The summed E-state index contributed by atoms with van der Waals surface area (Å²) in [5.74, 6) is 1.81. The third-order valence-corrected chi connectivity index (χ3v) is 9.78. The fourth-order valence-corrected chi connectivity index (χ4v) is 7.81. The van der Waals surface area contributed by atoms with Crippen LogP contribution in [0.25, 0.3) is 105 Å². The van der Waals surface area contributed by atoms with Crippen molar-refractivity contribution >= 4 is 54.5 Å². The van der Waals surface area contributed by atoms with Gasteiger partial charge in [0.05, 0.1) is 16.4 Å². The topological polar surface area (TPSA) is 56.7 Å². The summed E-state index contributed by atoms with van der Waals surface area (Å²) in [5, 5.41) is 6.77. The molecule has 7 aromatic carbocycles. The molecule has 0 bridgehead atoms. The zero-order valence-electron chi connectivity index (χ0n) is 25.6. The van der Waals surface area contributed by atoms with Gasteiger partial charge in [-0.3, -0.25) is 4.57 Å². The number of aromatic nitrogens is 4. The largest absolute Gasteiger partial charge is 0.455 e. The Morgan fingerprint density at radius 1 is 0.417 bits per heavy atom. The Balaban J connectivity index is 1.41. The van der Waals surface area contributed by atoms with Gasteiger partial charge in [0.1, 0.15) is 11.2 Å². The van der Waals surface area contributed by atoms with Gasteiger partial charge in [0, 0.05) is 38.1 Å². The summed E-state index contributed by atoms with van der Waals surface area (Å²) in [6.45, 7) is 0. The minimum Gasteiger partial charge on any atom is -0.455 e. The third kappa shape index (κ3) is 3.37. The van der Waals surface area contributed by atoms with E-state index in [9.17, 15) is 0 Å². The van der Waals surface area contributed by atoms with Crippen molar-refractivity contribution < 1.29 is 4.42 Å². The molecule has 3 aromatic heterocycles. The second-order valence-electron chi connectivity index (χ2n) is 12.3. The van der Waals surface area contributed by atoms with Crippen LogP contribution in [0.3, 0.4) is 0 Å². The second kappa shape index (κ2) is 9.47. The van der Waals surface area contributed by atoms with Crippen LogP contribution in [-0.4, -0.2) is 19.5 Å². The molecule has 0 fully saturated rings. The van der Waals surface area contributed by atoms with Crippen LogP contribution in [-0.2, 0) is 0 Å². The molecule has 0 spiro atoms. The Morgan fingerprint density at radius 3 is 1.69 bits per heavy atom. The summed E-state index contributed by atoms with van der Waals surface area (Å²) in [4.78, 5) is 15.5. The molecule has 3 heterocycles. The molecule has 0 N–H and O–H groups in total. The van der Waals surface area contributed by atoms with Crippen LogP contribution < -0.4 is 0 Å². The number of nitrogens with zero attached hydrogens (tertiary/aromatic N) is 4. The minimum absolute atomic E-state index is 0.567. The molecule has 5 nitrogen and oxygen atoms in total. The first kappa shape index (κ1) is 25.6. The summed E-state index contributed by atoms with van der Waals surface area (Å²) >= 11 is 0. The zero-order valence-corrected chi connectivity index (χ0v) is 25.6. The maximum Gasteiger partial charge on any atom is 0.238 e. The SMILES string of the molecule is c1ccc(-c2nc(-c3ccccc3)nc(-n3c4cccc5c4c4c6c(cccc6c6oc7ccccc7c6c43)-c3ccccc3-5)n2)cc1. The summed E-state index contributed by atoms with van der Waals surface area (Å²) in [6.07, 6.45) is 0. The highest BCUT2D eigenvalue weighted by Gasteiger charge is 2.30. The number of benzene rings is 7. The van der Waals surface area contributed by atoms with Crippen LogP contribution >= 0.6 is 0 Å². The van der Waals surface area contributed by atoms with E-state index in [4.69, 9.17) is 19.4 Å². The van der Waals surface area contributed by atoms with E-state index in [1.165, 1.54) is 38.4 Å². The van der Waals surface area contributed by atoms with E-state index in [2.05, 4.69) is 108 Å². The van der Waals surface area contributed by atoms with Crippen LogP contribution in [0.2, 0.25) is 0 Å². The Morgan fingerprint density at radius 2 is 0.979 bits per heavy atom. The highest BCUT2D eigenvalue weighted by atomic mass is 16.3. The molecule has 5 heteroatoms. The van der Waals surface area contributed by atoms with Gasteiger partial charge in [-0.25, -0.2) is 4.98 Å². The predicted molar refractivity (Wildman–Crippen MR) is 194 cm³/mol. The number of fused-ring (bicyclic) bond motifs is 8. The lowest BCUT2D eigenvalue weighted by atomic mass is 9.93. The fourth-order valence-electron chi connectivity index (χ4n) is 7.81. The first-order chi connectivity index (χ1) is 23.8. The van der Waals surface area contributed by atoms with Gasteiger partial charge in [-0.2, -0.15) is 9.97 Å². The summed E-state index contributed by atoms with van der Waals surface area (Å²) < 4.78 is 9.04. The highest BCUT2D eigenvalue weighted by Crippen LogP contribution is 2.53. The Bertz CT molecular complexity index is 2880. The highest BCUT2D eigenvalue weighted by molar-refractivity contribution is 6.39. The van der Waals surface area contributed by atoms with Crippen molar-refractivity contribution in [3.63, 3.8) is 0 Å². The summed E-state index contributed by atoms with van der Waals surface area (Å²) in [5.41, 5.74) is 10.5. The summed E-state index contributed by atoms with van der Waals surface area (Å²) in [7, 11) is 0. The van der Waals surface area contributed by atoms with E-state index < -0.39 is 0 Å². The minimum atomic E-state index is 0.567. The fraction of sp³-hybridized carbons (Fsp3) is 0.